The van der Waals surface area contributed by atoms with E-state index in [-0.39, 0.29) is 5.91 Å². The number of nitrogens with one attached hydrogen (secondary N) is 1. The van der Waals surface area contributed by atoms with Crippen LogP contribution in [0.1, 0.15) is 21.5 Å². The van der Waals surface area contributed by atoms with Crippen molar-refractivity contribution in [2.24, 2.45) is 0 Å². The Labute approximate surface area is 168 Å². The van der Waals surface area contributed by atoms with Gasteiger partial charge in [-0.05, 0) is 65.7 Å². The lowest BCUT2D eigenvalue weighted by Gasteiger charge is -2.14. The molecule has 8 nitrogen and oxygen atoms in total. The number of rotatable bonds is 6. The number of fused-ring (bicyclic) bond motifs is 1. The van der Waals surface area contributed by atoms with E-state index in [0.717, 1.165) is 27.8 Å². The number of nitrogens with zero attached hydrogens (tertiary/aromatic N) is 5. The molecule has 0 spiro atoms. The number of benzene rings is 2. The first-order valence-corrected chi connectivity index (χ1v) is 9.33. The summed E-state index contributed by atoms with van der Waals surface area (Å²) in [7, 11) is 1.66. The van der Waals surface area contributed by atoms with Crippen molar-refractivity contribution in [1.29, 1.82) is 0 Å². The van der Waals surface area contributed by atoms with E-state index >= 15 is 0 Å². The van der Waals surface area contributed by atoms with Crippen LogP contribution >= 0.6 is 0 Å². The third-order valence-corrected chi connectivity index (χ3v) is 5.14. The summed E-state index contributed by atoms with van der Waals surface area (Å²) < 4.78 is 8.91. The normalized spacial score (nSPS) is 11.0. The first-order valence-electron chi connectivity index (χ1n) is 9.33. The molecule has 0 radical (unpaired) electrons. The van der Waals surface area contributed by atoms with Gasteiger partial charge in [0.15, 0.2) is 0 Å². The molecular weight excluding hydrogens is 368 g/mol. The molecule has 1 amide bonds. The Bertz CT molecular complexity index is 1160. The van der Waals surface area contributed by atoms with Gasteiger partial charge in [0.1, 0.15) is 12.1 Å². The third kappa shape index (κ3) is 3.56. The van der Waals surface area contributed by atoms with Crippen molar-refractivity contribution in [3.8, 4) is 11.4 Å². The van der Waals surface area contributed by atoms with Crippen LogP contribution in [-0.2, 0) is 6.54 Å². The van der Waals surface area contributed by atoms with Crippen LogP contribution in [0.5, 0.6) is 5.75 Å². The van der Waals surface area contributed by atoms with Crippen molar-refractivity contribution >= 4 is 16.8 Å². The Morgan fingerprint density at radius 1 is 1.17 bits per heavy atom. The van der Waals surface area contributed by atoms with Gasteiger partial charge in [0.2, 0.25) is 0 Å². The zero-order valence-electron chi connectivity index (χ0n) is 16.6. The van der Waals surface area contributed by atoms with E-state index in [1.165, 1.54) is 11.0 Å². The number of aromatic nitrogens is 5. The zero-order chi connectivity index (χ0) is 20.4. The number of carbonyl (C=O) groups excluding carboxylic acids is 1. The molecule has 2 aromatic carbocycles. The summed E-state index contributed by atoms with van der Waals surface area (Å²) in [6.45, 7) is 5.11. The molecule has 0 aliphatic carbocycles. The number of hydrogen-bond donors (Lipinski definition) is 1. The van der Waals surface area contributed by atoms with Gasteiger partial charge in [-0.2, -0.15) is 4.68 Å². The molecule has 1 N–H and O–H groups in total. The van der Waals surface area contributed by atoms with Gasteiger partial charge in [0.05, 0.1) is 18.4 Å². The van der Waals surface area contributed by atoms with Crippen molar-refractivity contribution in [1.82, 2.24) is 30.1 Å². The molecule has 2 heterocycles. The van der Waals surface area contributed by atoms with E-state index in [0.29, 0.717) is 24.3 Å². The Morgan fingerprint density at radius 3 is 2.79 bits per heavy atom. The van der Waals surface area contributed by atoms with E-state index in [1.54, 1.807) is 7.11 Å². The van der Waals surface area contributed by atoms with Gasteiger partial charge >= 0.3 is 0 Å². The lowest BCUT2D eigenvalue weighted by atomic mass is 10.0. The predicted octanol–water partition coefficient (Wildman–Crippen LogP) is 2.67. The second kappa shape index (κ2) is 7.75. The van der Waals surface area contributed by atoms with Crippen molar-refractivity contribution in [3.05, 3.63) is 65.6 Å². The standard InChI is InChI=1S/C21H22N6O2/c1-14-4-6-18(20(15(14)2)27-13-23-24-25-27)21(28)22-9-11-26-10-8-16-12-17(29-3)5-7-19(16)26/h4-8,10,12-13H,9,11H2,1-3H3,(H,22,28). The summed E-state index contributed by atoms with van der Waals surface area (Å²) in [4.78, 5) is 12.9. The Hall–Kier alpha value is -3.68. The SMILES string of the molecule is COc1ccc2c(ccn2CCNC(=O)c2ccc(C)c(C)c2-n2cnnn2)c1. The van der Waals surface area contributed by atoms with Crippen LogP contribution < -0.4 is 10.1 Å². The summed E-state index contributed by atoms with van der Waals surface area (Å²) in [6, 6.07) is 11.7. The molecule has 4 aromatic rings. The van der Waals surface area contributed by atoms with Gasteiger partial charge in [0.25, 0.3) is 5.91 Å². The molecule has 0 aliphatic rings. The Kier molecular flexibility index (Phi) is 4.99. The van der Waals surface area contributed by atoms with Crippen LogP contribution in [-0.4, -0.2) is 44.3 Å². The van der Waals surface area contributed by atoms with Gasteiger partial charge in [-0.3, -0.25) is 4.79 Å². The first kappa shape index (κ1) is 18.7. The monoisotopic (exact) mass is 390 g/mol. The van der Waals surface area contributed by atoms with Crippen LogP contribution in [0.2, 0.25) is 0 Å². The van der Waals surface area contributed by atoms with Gasteiger partial charge < -0.3 is 14.6 Å². The Morgan fingerprint density at radius 2 is 2.03 bits per heavy atom. The molecule has 4 rings (SSSR count). The number of aryl methyl sites for hydroxylation is 1. The second-order valence-corrected chi connectivity index (χ2v) is 6.85. The van der Waals surface area contributed by atoms with Crippen LogP contribution in [0, 0.1) is 13.8 Å². The molecule has 0 atom stereocenters. The van der Waals surface area contributed by atoms with Crippen LogP contribution in [0.25, 0.3) is 16.6 Å². The van der Waals surface area contributed by atoms with Gasteiger partial charge in [-0.25, -0.2) is 0 Å². The largest absolute Gasteiger partial charge is 0.497 e. The first-order chi connectivity index (χ1) is 14.1. The van der Waals surface area contributed by atoms with Gasteiger partial charge in [-0.15, -0.1) is 5.10 Å². The van der Waals surface area contributed by atoms with Crippen molar-refractivity contribution in [2.45, 2.75) is 20.4 Å². The lowest BCUT2D eigenvalue weighted by molar-refractivity contribution is 0.0952. The molecule has 0 saturated heterocycles. The molecule has 0 saturated carbocycles. The minimum Gasteiger partial charge on any atom is -0.497 e. The third-order valence-electron chi connectivity index (χ3n) is 5.14. The minimum absolute atomic E-state index is 0.156. The highest BCUT2D eigenvalue weighted by Gasteiger charge is 2.17. The van der Waals surface area contributed by atoms with E-state index < -0.39 is 0 Å². The average molecular weight is 390 g/mol. The highest BCUT2D eigenvalue weighted by Crippen LogP contribution is 2.23. The average Bonchev–Trinajstić information content (AvgIpc) is 3.39. The van der Waals surface area contributed by atoms with Crippen molar-refractivity contribution < 1.29 is 9.53 Å². The molecule has 29 heavy (non-hydrogen) atoms. The fourth-order valence-corrected chi connectivity index (χ4v) is 3.43. The maximum absolute atomic E-state index is 12.9. The molecule has 0 aliphatic heterocycles. The smallest absolute Gasteiger partial charge is 0.253 e. The summed E-state index contributed by atoms with van der Waals surface area (Å²) in [5.41, 5.74) is 4.38. The Balaban J connectivity index is 1.51. The van der Waals surface area contributed by atoms with E-state index in [9.17, 15) is 4.79 Å². The molecule has 148 valence electrons. The molecule has 2 aromatic heterocycles. The summed E-state index contributed by atoms with van der Waals surface area (Å²) in [6.07, 6.45) is 3.51. The highest BCUT2D eigenvalue weighted by molar-refractivity contribution is 5.98. The number of ether oxygens (including phenoxy) is 1. The number of tetrazole rings is 1. The molecular formula is C21H22N6O2. The maximum atomic E-state index is 12.9. The van der Waals surface area contributed by atoms with E-state index in [2.05, 4.69) is 25.4 Å². The van der Waals surface area contributed by atoms with Crippen molar-refractivity contribution in [2.75, 3.05) is 13.7 Å². The number of carbonyl (C=O) groups is 1. The zero-order valence-corrected chi connectivity index (χ0v) is 16.6. The van der Waals surface area contributed by atoms with Crippen LogP contribution in [0.3, 0.4) is 0 Å². The summed E-state index contributed by atoms with van der Waals surface area (Å²) in [5.74, 6) is 0.671. The van der Waals surface area contributed by atoms with E-state index in [1.807, 2.05) is 56.4 Å². The van der Waals surface area contributed by atoms with Gasteiger partial charge in [0, 0.05) is 30.2 Å². The molecule has 0 bridgehead atoms. The maximum Gasteiger partial charge on any atom is 0.253 e. The van der Waals surface area contributed by atoms with Crippen molar-refractivity contribution in [3.63, 3.8) is 0 Å². The summed E-state index contributed by atoms with van der Waals surface area (Å²) in [5, 5.41) is 15.5. The lowest BCUT2D eigenvalue weighted by Crippen LogP contribution is -2.28. The van der Waals surface area contributed by atoms with Gasteiger partial charge in [-0.1, -0.05) is 6.07 Å². The number of methoxy groups -OCH3 is 1. The number of hydrogen-bond acceptors (Lipinski definition) is 5. The minimum atomic E-state index is -0.156. The quantitative estimate of drug-likeness (QED) is 0.547. The fraction of sp³-hybridized carbons (Fsp3) is 0.238. The number of amides is 1. The molecule has 0 unspecified atom stereocenters. The second-order valence-electron chi connectivity index (χ2n) is 6.85. The molecule has 0 fully saturated rings. The van der Waals surface area contributed by atoms with Crippen LogP contribution in [0.4, 0.5) is 0 Å². The van der Waals surface area contributed by atoms with E-state index in [4.69, 9.17) is 4.74 Å². The molecule has 8 heteroatoms. The topological polar surface area (TPSA) is 86.9 Å². The predicted molar refractivity (Wildman–Crippen MR) is 109 cm³/mol. The van der Waals surface area contributed by atoms with Crippen LogP contribution in [0.15, 0.2) is 48.9 Å². The fourth-order valence-electron chi connectivity index (χ4n) is 3.43. The summed E-state index contributed by atoms with van der Waals surface area (Å²) >= 11 is 0. The highest BCUT2D eigenvalue weighted by atomic mass is 16.5.